The zero-order chi connectivity index (χ0) is 9.68. The van der Waals surface area contributed by atoms with Crippen LogP contribution in [-0.4, -0.2) is 11.3 Å². The second-order valence-corrected chi connectivity index (χ2v) is 3.56. The molecule has 0 heterocycles. The molecule has 0 atom stereocenters. The van der Waals surface area contributed by atoms with Crippen LogP contribution >= 0.6 is 28.1 Å². The van der Waals surface area contributed by atoms with E-state index in [4.69, 9.17) is 18.1 Å². The predicted molar refractivity (Wildman–Crippen MR) is 61.7 cm³/mol. The van der Waals surface area contributed by atoms with Crippen LogP contribution in [0.2, 0.25) is 0 Å². The summed E-state index contributed by atoms with van der Waals surface area (Å²) in [6.07, 6.45) is 1.65. The number of nitrogens with one attached hydrogen (secondary N) is 1. The second-order valence-electron chi connectivity index (χ2n) is 2.26. The van der Waals surface area contributed by atoms with Crippen molar-refractivity contribution in [3.8, 4) is 0 Å². The summed E-state index contributed by atoms with van der Waals surface area (Å²) in [4.78, 5) is 3.90. The van der Waals surface area contributed by atoms with Gasteiger partial charge in [0.15, 0.2) is 0 Å². The molecule has 0 aromatic heterocycles. The Bertz CT molecular complexity index is 321. The monoisotopic (exact) mass is 257 g/mol. The van der Waals surface area contributed by atoms with Crippen molar-refractivity contribution in [3.63, 3.8) is 0 Å². The molecular formula is C8H8BrN3S. The van der Waals surface area contributed by atoms with Crippen LogP contribution in [0.3, 0.4) is 0 Å². The van der Waals surface area contributed by atoms with Crippen molar-refractivity contribution in [1.82, 2.24) is 5.43 Å². The predicted octanol–water partition coefficient (Wildman–Crippen LogP) is 1.62. The molecule has 1 rings (SSSR count). The van der Waals surface area contributed by atoms with Gasteiger partial charge in [0.1, 0.15) is 0 Å². The third-order valence-corrected chi connectivity index (χ3v) is 2.08. The van der Waals surface area contributed by atoms with Gasteiger partial charge in [-0.1, -0.05) is 28.1 Å². The third kappa shape index (κ3) is 3.63. The number of thiocarbonyl (C=S) groups is 1. The lowest BCUT2D eigenvalue weighted by Crippen LogP contribution is -2.26. The Balaban J connectivity index is 2.69. The molecule has 0 saturated heterocycles. The third-order valence-electron chi connectivity index (χ3n) is 1.32. The summed E-state index contributed by atoms with van der Waals surface area (Å²) in [7, 11) is 0. The SMILES string of the molecule is NNC(=S)N=Cc1ccc(Br)cc1. The fourth-order valence-corrected chi connectivity index (χ4v) is 1.04. The van der Waals surface area contributed by atoms with E-state index < -0.39 is 0 Å². The molecule has 0 bridgehead atoms. The number of nitrogens with two attached hydrogens (primary N) is 1. The fraction of sp³-hybridized carbons (Fsp3) is 0. The van der Waals surface area contributed by atoms with E-state index in [2.05, 4.69) is 26.3 Å². The molecule has 0 saturated carbocycles. The van der Waals surface area contributed by atoms with E-state index in [0.717, 1.165) is 10.0 Å². The summed E-state index contributed by atoms with van der Waals surface area (Å²) in [6, 6.07) is 7.71. The van der Waals surface area contributed by atoms with Crippen molar-refractivity contribution in [1.29, 1.82) is 0 Å². The summed E-state index contributed by atoms with van der Waals surface area (Å²) in [5.41, 5.74) is 3.24. The molecular weight excluding hydrogens is 250 g/mol. The molecule has 1 aromatic carbocycles. The minimum absolute atomic E-state index is 0.267. The van der Waals surface area contributed by atoms with E-state index in [1.54, 1.807) is 6.21 Å². The van der Waals surface area contributed by atoms with Crippen LogP contribution in [-0.2, 0) is 0 Å². The Hall–Kier alpha value is -0.780. The Morgan fingerprint density at radius 1 is 1.46 bits per heavy atom. The smallest absolute Gasteiger partial charge is 0.207 e. The highest BCUT2D eigenvalue weighted by Crippen LogP contribution is 2.08. The molecule has 1 aromatic rings. The maximum absolute atomic E-state index is 5.05. The zero-order valence-corrected chi connectivity index (χ0v) is 9.10. The highest BCUT2D eigenvalue weighted by Gasteiger charge is 1.89. The summed E-state index contributed by atoms with van der Waals surface area (Å²) in [5.74, 6) is 5.05. The maximum atomic E-state index is 5.05. The van der Waals surface area contributed by atoms with Crippen LogP contribution in [0.4, 0.5) is 0 Å². The highest BCUT2D eigenvalue weighted by atomic mass is 79.9. The maximum Gasteiger partial charge on any atom is 0.207 e. The van der Waals surface area contributed by atoms with Crippen molar-refractivity contribution < 1.29 is 0 Å². The van der Waals surface area contributed by atoms with Gasteiger partial charge in [-0.3, -0.25) is 5.43 Å². The molecule has 0 aliphatic rings. The number of aliphatic imine (C=N–C) groups is 1. The van der Waals surface area contributed by atoms with Gasteiger partial charge in [0.05, 0.1) is 0 Å². The largest absolute Gasteiger partial charge is 0.299 e. The Morgan fingerprint density at radius 2 is 2.08 bits per heavy atom. The quantitative estimate of drug-likeness (QED) is 0.348. The average Bonchev–Trinajstić information content (AvgIpc) is 2.16. The van der Waals surface area contributed by atoms with E-state index >= 15 is 0 Å². The summed E-state index contributed by atoms with van der Waals surface area (Å²) in [5, 5.41) is 0.267. The van der Waals surface area contributed by atoms with E-state index in [0.29, 0.717) is 0 Å². The van der Waals surface area contributed by atoms with E-state index in [1.165, 1.54) is 0 Å². The van der Waals surface area contributed by atoms with Crippen LogP contribution in [0.15, 0.2) is 33.7 Å². The summed E-state index contributed by atoms with van der Waals surface area (Å²) < 4.78 is 1.03. The van der Waals surface area contributed by atoms with E-state index in [1.807, 2.05) is 24.3 Å². The van der Waals surface area contributed by atoms with E-state index in [-0.39, 0.29) is 5.11 Å². The van der Waals surface area contributed by atoms with Gasteiger partial charge in [-0.05, 0) is 29.9 Å². The van der Waals surface area contributed by atoms with Gasteiger partial charge in [0, 0.05) is 10.7 Å². The van der Waals surface area contributed by atoms with Gasteiger partial charge in [0.25, 0.3) is 0 Å². The molecule has 0 aliphatic heterocycles. The molecule has 3 nitrogen and oxygen atoms in total. The highest BCUT2D eigenvalue weighted by molar-refractivity contribution is 9.10. The van der Waals surface area contributed by atoms with Crippen LogP contribution < -0.4 is 11.3 Å². The van der Waals surface area contributed by atoms with Crippen molar-refractivity contribution in [3.05, 3.63) is 34.3 Å². The lowest BCUT2D eigenvalue weighted by Gasteiger charge is -1.94. The molecule has 0 amide bonds. The Kier molecular flexibility index (Phi) is 4.01. The topological polar surface area (TPSA) is 50.4 Å². The number of halogens is 1. The van der Waals surface area contributed by atoms with Crippen LogP contribution in [0.1, 0.15) is 5.56 Å². The number of rotatable bonds is 1. The summed E-state index contributed by atoms with van der Waals surface area (Å²) >= 11 is 8.07. The first kappa shape index (κ1) is 10.3. The van der Waals surface area contributed by atoms with Gasteiger partial charge >= 0.3 is 0 Å². The average molecular weight is 258 g/mol. The van der Waals surface area contributed by atoms with Gasteiger partial charge in [-0.25, -0.2) is 10.8 Å². The first-order chi connectivity index (χ1) is 6.22. The molecule has 3 N–H and O–H groups in total. The normalized spacial score (nSPS) is 10.3. The molecule has 13 heavy (non-hydrogen) atoms. The van der Waals surface area contributed by atoms with Gasteiger partial charge in [-0.15, -0.1) is 0 Å². The first-order valence-electron chi connectivity index (χ1n) is 3.52. The molecule has 5 heteroatoms. The number of hydrogen-bond donors (Lipinski definition) is 2. The molecule has 68 valence electrons. The molecule has 0 unspecified atom stereocenters. The first-order valence-corrected chi connectivity index (χ1v) is 4.72. The summed E-state index contributed by atoms with van der Waals surface area (Å²) in [6.45, 7) is 0. The zero-order valence-electron chi connectivity index (χ0n) is 6.70. The molecule has 0 radical (unpaired) electrons. The van der Waals surface area contributed by atoms with Gasteiger partial charge < -0.3 is 0 Å². The lowest BCUT2D eigenvalue weighted by molar-refractivity contribution is 1.04. The standard InChI is InChI=1S/C8H8BrN3S/c9-7-3-1-6(2-4-7)5-11-8(13)12-10/h1-5H,10H2,(H,12,13). The Labute approximate surface area is 90.1 Å². The van der Waals surface area contributed by atoms with Crippen LogP contribution in [0.25, 0.3) is 0 Å². The van der Waals surface area contributed by atoms with Crippen molar-refractivity contribution in [2.75, 3.05) is 0 Å². The number of benzene rings is 1. The van der Waals surface area contributed by atoms with Crippen molar-refractivity contribution in [2.45, 2.75) is 0 Å². The number of hydrazine groups is 1. The second kappa shape index (κ2) is 5.06. The van der Waals surface area contributed by atoms with Gasteiger partial charge in [0.2, 0.25) is 5.11 Å². The van der Waals surface area contributed by atoms with Crippen LogP contribution in [0.5, 0.6) is 0 Å². The minimum atomic E-state index is 0.267. The molecule has 0 fully saturated rings. The number of hydrogen-bond acceptors (Lipinski definition) is 2. The van der Waals surface area contributed by atoms with Crippen molar-refractivity contribution in [2.24, 2.45) is 10.8 Å². The van der Waals surface area contributed by atoms with Crippen molar-refractivity contribution >= 4 is 39.5 Å². The Morgan fingerprint density at radius 3 is 2.62 bits per heavy atom. The lowest BCUT2D eigenvalue weighted by atomic mass is 10.2. The molecule has 0 spiro atoms. The van der Waals surface area contributed by atoms with E-state index in [9.17, 15) is 0 Å². The minimum Gasteiger partial charge on any atom is -0.299 e. The van der Waals surface area contributed by atoms with Gasteiger partial charge in [-0.2, -0.15) is 0 Å². The van der Waals surface area contributed by atoms with Crippen LogP contribution in [0, 0.1) is 0 Å². The fourth-order valence-electron chi connectivity index (χ4n) is 0.719. The molecule has 0 aliphatic carbocycles. The number of nitrogens with zero attached hydrogens (tertiary/aromatic N) is 1.